The van der Waals surface area contributed by atoms with Gasteiger partial charge in [-0.1, -0.05) is 0 Å². The van der Waals surface area contributed by atoms with Gasteiger partial charge in [0.2, 0.25) is 5.91 Å². The highest BCUT2D eigenvalue weighted by molar-refractivity contribution is 5.76. The van der Waals surface area contributed by atoms with E-state index in [4.69, 9.17) is 0 Å². The van der Waals surface area contributed by atoms with E-state index in [2.05, 4.69) is 17.6 Å². The highest BCUT2D eigenvalue weighted by Gasteiger charge is 2.32. The van der Waals surface area contributed by atoms with Crippen molar-refractivity contribution in [3.63, 3.8) is 0 Å². The summed E-state index contributed by atoms with van der Waals surface area (Å²) in [6, 6.07) is 3.10. The second-order valence-electron chi connectivity index (χ2n) is 5.96. The van der Waals surface area contributed by atoms with E-state index in [0.29, 0.717) is 18.6 Å². The predicted octanol–water partition coefficient (Wildman–Crippen LogP) is 1.78. The van der Waals surface area contributed by atoms with Crippen molar-refractivity contribution in [3.05, 3.63) is 24.0 Å². The van der Waals surface area contributed by atoms with Gasteiger partial charge >= 0.3 is 0 Å². The number of nitrogens with one attached hydrogen (secondary N) is 1. The van der Waals surface area contributed by atoms with E-state index in [1.807, 2.05) is 29.8 Å². The quantitative estimate of drug-likeness (QED) is 0.847. The average molecular weight is 261 g/mol. The molecule has 0 spiro atoms. The van der Waals surface area contributed by atoms with Crippen molar-refractivity contribution in [2.24, 2.45) is 5.92 Å². The molecule has 3 rings (SSSR count). The molecule has 0 radical (unpaired) electrons. The third-order valence-electron chi connectivity index (χ3n) is 4.34. The fourth-order valence-electron chi connectivity index (χ4n) is 2.78. The maximum absolute atomic E-state index is 12.1. The number of nitrogens with zero attached hydrogens (tertiary/aromatic N) is 2. The number of hydrogen-bond acceptors (Lipinski definition) is 2. The minimum Gasteiger partial charge on any atom is -0.345 e. The molecule has 4 nitrogen and oxygen atoms in total. The first-order valence-corrected chi connectivity index (χ1v) is 7.27. The molecular weight excluding hydrogens is 238 g/mol. The number of amides is 1. The summed E-state index contributed by atoms with van der Waals surface area (Å²) in [5.41, 5.74) is 1.31. The van der Waals surface area contributed by atoms with Crippen LogP contribution in [-0.2, 0) is 11.3 Å². The Labute approximate surface area is 114 Å². The van der Waals surface area contributed by atoms with Gasteiger partial charge in [-0.2, -0.15) is 0 Å². The van der Waals surface area contributed by atoms with Crippen LogP contribution in [0.2, 0.25) is 0 Å². The first kappa shape index (κ1) is 12.7. The zero-order valence-corrected chi connectivity index (χ0v) is 11.8. The molecule has 1 aromatic rings. The molecule has 19 heavy (non-hydrogen) atoms. The second kappa shape index (κ2) is 5.00. The molecule has 1 unspecified atom stereocenters. The monoisotopic (exact) mass is 261 g/mol. The van der Waals surface area contributed by atoms with Crippen molar-refractivity contribution in [2.45, 2.75) is 44.3 Å². The summed E-state index contributed by atoms with van der Waals surface area (Å²) >= 11 is 0. The first-order chi connectivity index (χ1) is 9.19. The van der Waals surface area contributed by atoms with Crippen molar-refractivity contribution in [3.8, 4) is 0 Å². The van der Waals surface area contributed by atoms with Crippen LogP contribution >= 0.6 is 0 Å². The normalized spacial score (nSPS) is 20.3. The number of likely N-dealkylation sites (N-methyl/N-ethyl adjacent to an activating group) is 1. The molecule has 1 amide bonds. The molecule has 0 bridgehead atoms. The van der Waals surface area contributed by atoms with Crippen molar-refractivity contribution in [1.29, 1.82) is 0 Å². The van der Waals surface area contributed by atoms with E-state index in [-0.39, 0.29) is 5.91 Å². The lowest BCUT2D eigenvalue weighted by molar-refractivity contribution is -0.131. The molecule has 1 N–H and O–H groups in total. The number of carbonyl (C=O) groups excluding carboxylic acids is 1. The maximum atomic E-state index is 12.1. The lowest BCUT2D eigenvalue weighted by Crippen LogP contribution is -2.31. The Morgan fingerprint density at radius 3 is 2.79 bits per heavy atom. The maximum Gasteiger partial charge on any atom is 0.242 e. The molecule has 0 aliphatic heterocycles. The van der Waals surface area contributed by atoms with Gasteiger partial charge in [0.25, 0.3) is 0 Å². The Kier molecular flexibility index (Phi) is 3.35. The topological polar surface area (TPSA) is 37.3 Å². The average Bonchev–Trinajstić information content (AvgIpc) is 3.29. The van der Waals surface area contributed by atoms with Crippen LogP contribution in [0, 0.1) is 5.92 Å². The van der Waals surface area contributed by atoms with E-state index in [0.717, 1.165) is 5.92 Å². The van der Waals surface area contributed by atoms with Gasteiger partial charge in [-0.25, -0.2) is 0 Å². The van der Waals surface area contributed by atoms with Gasteiger partial charge in [-0.3, -0.25) is 4.79 Å². The first-order valence-electron chi connectivity index (χ1n) is 7.27. The van der Waals surface area contributed by atoms with E-state index in [1.54, 1.807) is 0 Å². The van der Waals surface area contributed by atoms with Gasteiger partial charge in [-0.15, -0.1) is 0 Å². The minimum absolute atomic E-state index is 0.220. The van der Waals surface area contributed by atoms with Crippen molar-refractivity contribution in [1.82, 2.24) is 14.8 Å². The Morgan fingerprint density at radius 1 is 1.47 bits per heavy atom. The van der Waals surface area contributed by atoms with Crippen LogP contribution in [-0.4, -0.2) is 35.5 Å². The Balaban J connectivity index is 1.62. The largest absolute Gasteiger partial charge is 0.345 e. The Hall–Kier alpha value is -1.29. The molecule has 1 heterocycles. The summed E-state index contributed by atoms with van der Waals surface area (Å²) in [6.45, 7) is 0.466. The number of aromatic nitrogens is 1. The van der Waals surface area contributed by atoms with Crippen LogP contribution in [0.15, 0.2) is 18.5 Å². The fraction of sp³-hybridized carbons (Fsp3) is 0.667. The zero-order chi connectivity index (χ0) is 13.4. The third kappa shape index (κ3) is 2.84. The standard InChI is InChI=1S/C15H23N3O/c1-16-15(11-3-4-11)12-7-8-18(9-12)10-14(19)17(2)13-5-6-13/h7-9,11,13,15-16H,3-6,10H2,1-2H3. The van der Waals surface area contributed by atoms with Gasteiger partial charge in [0.15, 0.2) is 0 Å². The molecule has 1 atom stereocenters. The summed E-state index contributed by atoms with van der Waals surface area (Å²) in [6.07, 6.45) is 9.13. The minimum atomic E-state index is 0.220. The molecular formula is C15H23N3O. The molecule has 2 saturated carbocycles. The van der Waals surface area contributed by atoms with Crippen molar-refractivity contribution in [2.75, 3.05) is 14.1 Å². The van der Waals surface area contributed by atoms with Crippen LogP contribution < -0.4 is 5.32 Å². The van der Waals surface area contributed by atoms with Crippen LogP contribution in [0.3, 0.4) is 0 Å². The number of rotatable bonds is 6. The van der Waals surface area contributed by atoms with Gasteiger partial charge in [0, 0.05) is 31.5 Å². The summed E-state index contributed by atoms with van der Waals surface area (Å²) in [5.74, 6) is 1.00. The smallest absolute Gasteiger partial charge is 0.242 e. The zero-order valence-electron chi connectivity index (χ0n) is 11.8. The Bertz CT molecular complexity index is 460. The third-order valence-corrected chi connectivity index (χ3v) is 4.34. The van der Waals surface area contributed by atoms with Crippen LogP contribution in [0.5, 0.6) is 0 Å². The van der Waals surface area contributed by atoms with Gasteiger partial charge in [-0.05, 0) is 50.3 Å². The second-order valence-corrected chi connectivity index (χ2v) is 5.96. The van der Waals surface area contributed by atoms with Crippen LogP contribution in [0.25, 0.3) is 0 Å². The molecule has 1 aromatic heterocycles. The highest BCUT2D eigenvalue weighted by Crippen LogP contribution is 2.40. The van der Waals surface area contributed by atoms with Gasteiger partial charge in [0.1, 0.15) is 6.54 Å². The molecule has 4 heteroatoms. The molecule has 104 valence electrons. The van der Waals surface area contributed by atoms with Gasteiger partial charge < -0.3 is 14.8 Å². The summed E-state index contributed by atoms with van der Waals surface area (Å²) in [5, 5.41) is 3.39. The Morgan fingerprint density at radius 2 is 2.21 bits per heavy atom. The van der Waals surface area contributed by atoms with Crippen molar-refractivity contribution >= 4 is 5.91 Å². The number of carbonyl (C=O) groups is 1. The lowest BCUT2D eigenvalue weighted by Gasteiger charge is -2.17. The summed E-state index contributed by atoms with van der Waals surface area (Å²) in [4.78, 5) is 14.0. The lowest BCUT2D eigenvalue weighted by atomic mass is 10.1. The summed E-state index contributed by atoms with van der Waals surface area (Å²) < 4.78 is 2.02. The number of hydrogen-bond donors (Lipinski definition) is 1. The van der Waals surface area contributed by atoms with Crippen LogP contribution in [0.4, 0.5) is 0 Å². The van der Waals surface area contributed by atoms with E-state index >= 15 is 0 Å². The predicted molar refractivity (Wildman–Crippen MR) is 74.7 cm³/mol. The molecule has 2 aliphatic rings. The summed E-state index contributed by atoms with van der Waals surface area (Å²) in [7, 11) is 3.94. The van der Waals surface area contributed by atoms with Crippen LogP contribution in [0.1, 0.15) is 37.3 Å². The highest BCUT2D eigenvalue weighted by atomic mass is 16.2. The molecule has 2 aliphatic carbocycles. The van der Waals surface area contributed by atoms with E-state index in [9.17, 15) is 4.79 Å². The van der Waals surface area contributed by atoms with E-state index in [1.165, 1.54) is 31.2 Å². The molecule has 0 aromatic carbocycles. The molecule has 2 fully saturated rings. The van der Waals surface area contributed by atoms with Gasteiger partial charge in [0.05, 0.1) is 0 Å². The SMILES string of the molecule is CNC(c1ccn(CC(=O)N(C)C2CC2)c1)C1CC1. The van der Waals surface area contributed by atoms with Crippen molar-refractivity contribution < 1.29 is 4.79 Å². The molecule has 0 saturated heterocycles. The fourth-order valence-corrected chi connectivity index (χ4v) is 2.78. The van der Waals surface area contributed by atoms with E-state index < -0.39 is 0 Å².